The number of para-hydroxylation sites is 1. The van der Waals surface area contributed by atoms with Gasteiger partial charge in [0.25, 0.3) is 0 Å². The maximum absolute atomic E-state index is 12.7. The summed E-state index contributed by atoms with van der Waals surface area (Å²) in [5.74, 6) is 0.680. The number of benzene rings is 1. The van der Waals surface area contributed by atoms with Crippen LogP contribution in [0.15, 0.2) is 24.3 Å². The average Bonchev–Trinajstić information content (AvgIpc) is 2.75. The number of amides is 3. The molecule has 1 aromatic carbocycles. The fourth-order valence-corrected chi connectivity index (χ4v) is 2.91. The molecule has 0 bridgehead atoms. The SMILES string of the molecule is CCOc1ccccc1[C@@H](CC)NC(=O)N1CCCNC(=O)[C@H]1C. The van der Waals surface area contributed by atoms with Crippen LogP contribution in [0.1, 0.15) is 45.2 Å². The number of rotatable bonds is 5. The summed E-state index contributed by atoms with van der Waals surface area (Å²) in [6.07, 6.45) is 1.50. The molecule has 3 amide bonds. The molecule has 1 aliphatic rings. The fourth-order valence-electron chi connectivity index (χ4n) is 2.91. The second kappa shape index (κ2) is 8.57. The Kier molecular flexibility index (Phi) is 6.46. The molecule has 1 aromatic rings. The number of carbonyl (C=O) groups excluding carboxylic acids is 2. The molecule has 24 heavy (non-hydrogen) atoms. The van der Waals surface area contributed by atoms with Crippen molar-refractivity contribution in [1.82, 2.24) is 15.5 Å². The highest BCUT2D eigenvalue weighted by Crippen LogP contribution is 2.27. The molecule has 132 valence electrons. The van der Waals surface area contributed by atoms with Gasteiger partial charge in [0.05, 0.1) is 12.6 Å². The van der Waals surface area contributed by atoms with E-state index in [9.17, 15) is 9.59 Å². The Labute approximate surface area is 143 Å². The zero-order valence-corrected chi connectivity index (χ0v) is 14.7. The van der Waals surface area contributed by atoms with Crippen LogP contribution < -0.4 is 15.4 Å². The number of urea groups is 1. The predicted octanol–water partition coefficient (Wildman–Crippen LogP) is 2.46. The van der Waals surface area contributed by atoms with Crippen molar-refractivity contribution in [3.8, 4) is 5.75 Å². The van der Waals surface area contributed by atoms with Crippen molar-refractivity contribution in [3.05, 3.63) is 29.8 Å². The second-order valence-corrected chi connectivity index (χ2v) is 5.90. The summed E-state index contributed by atoms with van der Waals surface area (Å²) in [6, 6.07) is 6.91. The number of nitrogens with zero attached hydrogens (tertiary/aromatic N) is 1. The van der Waals surface area contributed by atoms with E-state index in [1.807, 2.05) is 38.1 Å². The highest BCUT2D eigenvalue weighted by atomic mass is 16.5. The Bertz CT molecular complexity index is 576. The van der Waals surface area contributed by atoms with Gasteiger partial charge in [-0.15, -0.1) is 0 Å². The lowest BCUT2D eigenvalue weighted by molar-refractivity contribution is -0.124. The van der Waals surface area contributed by atoms with Crippen LogP contribution in [0.4, 0.5) is 4.79 Å². The molecule has 1 heterocycles. The predicted molar refractivity (Wildman–Crippen MR) is 93.0 cm³/mol. The number of nitrogens with one attached hydrogen (secondary N) is 2. The van der Waals surface area contributed by atoms with Crippen molar-refractivity contribution in [2.24, 2.45) is 0 Å². The molecule has 2 rings (SSSR count). The second-order valence-electron chi connectivity index (χ2n) is 5.90. The summed E-state index contributed by atoms with van der Waals surface area (Å²) in [5, 5.41) is 5.88. The van der Waals surface area contributed by atoms with Gasteiger partial charge < -0.3 is 20.3 Å². The third kappa shape index (κ3) is 4.19. The minimum atomic E-state index is -0.466. The quantitative estimate of drug-likeness (QED) is 0.869. The summed E-state index contributed by atoms with van der Waals surface area (Å²) in [5.41, 5.74) is 0.960. The molecular weight excluding hydrogens is 306 g/mol. The molecule has 2 atom stereocenters. The van der Waals surface area contributed by atoms with Crippen LogP contribution in [-0.4, -0.2) is 42.6 Å². The molecule has 1 fully saturated rings. The van der Waals surface area contributed by atoms with Crippen LogP contribution in [-0.2, 0) is 4.79 Å². The minimum Gasteiger partial charge on any atom is -0.494 e. The molecule has 6 nitrogen and oxygen atoms in total. The van der Waals surface area contributed by atoms with Crippen LogP contribution in [0.5, 0.6) is 5.75 Å². The summed E-state index contributed by atoms with van der Waals surface area (Å²) >= 11 is 0. The van der Waals surface area contributed by atoms with Crippen molar-refractivity contribution in [3.63, 3.8) is 0 Å². The van der Waals surface area contributed by atoms with E-state index in [-0.39, 0.29) is 18.0 Å². The van der Waals surface area contributed by atoms with Gasteiger partial charge in [0.2, 0.25) is 5.91 Å². The normalized spacial score (nSPS) is 19.2. The highest BCUT2D eigenvalue weighted by Gasteiger charge is 2.29. The van der Waals surface area contributed by atoms with E-state index >= 15 is 0 Å². The first-order valence-corrected chi connectivity index (χ1v) is 8.65. The number of carbonyl (C=O) groups is 2. The van der Waals surface area contributed by atoms with Gasteiger partial charge in [-0.3, -0.25) is 4.79 Å². The molecule has 0 aromatic heterocycles. The van der Waals surface area contributed by atoms with Crippen LogP contribution in [0.2, 0.25) is 0 Å². The fraction of sp³-hybridized carbons (Fsp3) is 0.556. The summed E-state index contributed by atoms with van der Waals surface area (Å²) in [4.78, 5) is 26.3. The van der Waals surface area contributed by atoms with E-state index in [1.165, 1.54) is 0 Å². The van der Waals surface area contributed by atoms with E-state index in [0.29, 0.717) is 19.7 Å². The van der Waals surface area contributed by atoms with Crippen molar-refractivity contribution >= 4 is 11.9 Å². The first-order valence-electron chi connectivity index (χ1n) is 8.65. The number of hydrogen-bond donors (Lipinski definition) is 2. The molecule has 2 N–H and O–H groups in total. The molecule has 0 spiro atoms. The van der Waals surface area contributed by atoms with Gasteiger partial charge in [0, 0.05) is 18.7 Å². The summed E-state index contributed by atoms with van der Waals surface area (Å²) < 4.78 is 5.68. The van der Waals surface area contributed by atoms with E-state index < -0.39 is 6.04 Å². The van der Waals surface area contributed by atoms with Crippen LogP contribution >= 0.6 is 0 Å². The monoisotopic (exact) mass is 333 g/mol. The molecule has 0 unspecified atom stereocenters. The smallest absolute Gasteiger partial charge is 0.318 e. The Morgan fingerprint density at radius 3 is 2.88 bits per heavy atom. The molecule has 1 aliphatic heterocycles. The molecule has 1 saturated heterocycles. The lowest BCUT2D eigenvalue weighted by Crippen LogP contribution is -2.50. The van der Waals surface area contributed by atoms with E-state index in [1.54, 1.807) is 11.8 Å². The summed E-state index contributed by atoms with van der Waals surface area (Å²) in [6.45, 7) is 7.47. The molecule has 0 aliphatic carbocycles. The van der Waals surface area contributed by atoms with Crippen LogP contribution in [0, 0.1) is 0 Å². The van der Waals surface area contributed by atoms with E-state index in [0.717, 1.165) is 24.2 Å². The Balaban J connectivity index is 2.14. The topological polar surface area (TPSA) is 70.7 Å². The zero-order valence-electron chi connectivity index (χ0n) is 14.7. The maximum atomic E-state index is 12.7. The van der Waals surface area contributed by atoms with Gasteiger partial charge in [-0.05, 0) is 32.8 Å². The van der Waals surface area contributed by atoms with Gasteiger partial charge >= 0.3 is 6.03 Å². The first kappa shape index (κ1) is 18.1. The standard InChI is InChI=1S/C18H27N3O3/c1-4-15(14-9-6-7-10-16(14)24-5-2)20-18(23)21-12-8-11-19-17(22)13(21)3/h6-7,9-10,13,15H,4-5,8,11-12H2,1-3H3,(H,19,22)(H,20,23)/t13-,15-/m1/s1. The van der Waals surface area contributed by atoms with Gasteiger partial charge in [0.1, 0.15) is 11.8 Å². The van der Waals surface area contributed by atoms with Crippen molar-refractivity contribution in [2.75, 3.05) is 19.7 Å². The van der Waals surface area contributed by atoms with Crippen LogP contribution in [0.3, 0.4) is 0 Å². The van der Waals surface area contributed by atoms with Gasteiger partial charge in [-0.2, -0.15) is 0 Å². The Morgan fingerprint density at radius 1 is 1.42 bits per heavy atom. The molecule has 0 radical (unpaired) electrons. The molecule has 0 saturated carbocycles. The highest BCUT2D eigenvalue weighted by molar-refractivity contribution is 5.87. The van der Waals surface area contributed by atoms with E-state index in [4.69, 9.17) is 4.74 Å². The van der Waals surface area contributed by atoms with Crippen LogP contribution in [0.25, 0.3) is 0 Å². The third-order valence-corrected chi connectivity index (χ3v) is 4.28. The Morgan fingerprint density at radius 2 is 2.17 bits per heavy atom. The zero-order chi connectivity index (χ0) is 17.5. The van der Waals surface area contributed by atoms with Crippen molar-refractivity contribution in [1.29, 1.82) is 0 Å². The van der Waals surface area contributed by atoms with Crippen molar-refractivity contribution in [2.45, 2.75) is 45.7 Å². The van der Waals surface area contributed by atoms with Gasteiger partial charge in [-0.25, -0.2) is 4.79 Å². The Hall–Kier alpha value is -2.24. The number of hydrogen-bond acceptors (Lipinski definition) is 3. The number of ether oxygens (including phenoxy) is 1. The maximum Gasteiger partial charge on any atom is 0.318 e. The van der Waals surface area contributed by atoms with Gasteiger partial charge in [0.15, 0.2) is 0 Å². The largest absolute Gasteiger partial charge is 0.494 e. The van der Waals surface area contributed by atoms with Gasteiger partial charge in [-0.1, -0.05) is 25.1 Å². The first-order chi connectivity index (χ1) is 11.6. The third-order valence-electron chi connectivity index (χ3n) is 4.28. The summed E-state index contributed by atoms with van der Waals surface area (Å²) in [7, 11) is 0. The molecular formula is C18H27N3O3. The average molecular weight is 333 g/mol. The molecule has 6 heteroatoms. The van der Waals surface area contributed by atoms with E-state index in [2.05, 4.69) is 10.6 Å². The minimum absolute atomic E-state index is 0.106. The lowest BCUT2D eigenvalue weighted by Gasteiger charge is -2.29. The lowest BCUT2D eigenvalue weighted by atomic mass is 10.0. The van der Waals surface area contributed by atoms with Crippen molar-refractivity contribution < 1.29 is 14.3 Å².